The number of hydrogen-bond acceptors (Lipinski definition) is 3. The summed E-state index contributed by atoms with van der Waals surface area (Å²) in [6, 6.07) is 9.27. The van der Waals surface area contributed by atoms with Gasteiger partial charge >= 0.3 is 6.09 Å². The summed E-state index contributed by atoms with van der Waals surface area (Å²) in [7, 11) is 0. The zero-order chi connectivity index (χ0) is 18.7. The second-order valence-electron chi connectivity index (χ2n) is 5.76. The summed E-state index contributed by atoms with van der Waals surface area (Å²) in [5, 5.41) is 10.9. The SMILES string of the molecule is O=C(O)N[C@H]1CCN(c2ccc(OCc3c(F)cccc3F)cc2)C1=O. The Labute approximate surface area is 148 Å². The number of nitrogens with zero attached hydrogens (tertiary/aromatic N) is 1. The second-order valence-corrected chi connectivity index (χ2v) is 5.76. The highest BCUT2D eigenvalue weighted by Gasteiger charge is 2.33. The Bertz CT molecular complexity index is 806. The monoisotopic (exact) mass is 362 g/mol. The molecule has 0 saturated carbocycles. The quantitative estimate of drug-likeness (QED) is 0.857. The number of halogens is 2. The van der Waals surface area contributed by atoms with Gasteiger partial charge in [-0.2, -0.15) is 0 Å². The third kappa shape index (κ3) is 3.74. The van der Waals surface area contributed by atoms with Gasteiger partial charge in [0.25, 0.3) is 0 Å². The highest BCUT2D eigenvalue weighted by atomic mass is 19.1. The number of amides is 2. The fourth-order valence-electron chi connectivity index (χ4n) is 2.77. The van der Waals surface area contributed by atoms with Crippen molar-refractivity contribution in [3.63, 3.8) is 0 Å². The van der Waals surface area contributed by atoms with Gasteiger partial charge in [-0.1, -0.05) is 6.07 Å². The average molecular weight is 362 g/mol. The number of hydrogen-bond donors (Lipinski definition) is 2. The molecule has 136 valence electrons. The molecule has 3 rings (SSSR count). The molecule has 0 aromatic heterocycles. The van der Waals surface area contributed by atoms with E-state index in [-0.39, 0.29) is 18.1 Å². The van der Waals surface area contributed by atoms with Crippen molar-refractivity contribution in [3.05, 3.63) is 59.7 Å². The molecule has 8 heteroatoms. The van der Waals surface area contributed by atoms with Crippen LogP contribution in [0.2, 0.25) is 0 Å². The molecule has 1 heterocycles. The van der Waals surface area contributed by atoms with Crippen molar-refractivity contribution in [2.24, 2.45) is 0 Å². The maximum Gasteiger partial charge on any atom is 0.405 e. The Morgan fingerprint density at radius 1 is 1.19 bits per heavy atom. The van der Waals surface area contributed by atoms with Gasteiger partial charge in [0.15, 0.2) is 0 Å². The highest BCUT2D eigenvalue weighted by molar-refractivity contribution is 6.00. The summed E-state index contributed by atoms with van der Waals surface area (Å²) in [4.78, 5) is 24.3. The summed E-state index contributed by atoms with van der Waals surface area (Å²) in [6.45, 7) is 0.134. The molecular formula is C18H16F2N2O4. The molecule has 2 amide bonds. The van der Waals surface area contributed by atoms with Gasteiger partial charge in [0.2, 0.25) is 5.91 Å². The number of benzene rings is 2. The van der Waals surface area contributed by atoms with E-state index in [1.165, 1.54) is 11.0 Å². The third-order valence-electron chi connectivity index (χ3n) is 4.10. The standard InChI is InChI=1S/C18H16F2N2O4/c19-14-2-1-3-15(20)13(14)10-26-12-6-4-11(5-7-12)22-9-8-16(17(22)23)21-18(24)25/h1-7,16,21H,8-10H2,(H,24,25)/t16-/m0/s1. The van der Waals surface area contributed by atoms with Crippen molar-refractivity contribution < 1.29 is 28.2 Å². The second kappa shape index (κ2) is 7.38. The minimum absolute atomic E-state index is 0.158. The first-order chi connectivity index (χ1) is 12.5. The third-order valence-corrected chi connectivity index (χ3v) is 4.10. The maximum atomic E-state index is 13.6. The molecule has 0 aliphatic carbocycles. The first-order valence-corrected chi connectivity index (χ1v) is 7.92. The molecule has 1 saturated heterocycles. The zero-order valence-corrected chi connectivity index (χ0v) is 13.6. The molecular weight excluding hydrogens is 346 g/mol. The number of anilines is 1. The van der Waals surface area contributed by atoms with Crippen molar-refractivity contribution in [1.82, 2.24) is 5.32 Å². The van der Waals surface area contributed by atoms with E-state index < -0.39 is 23.8 Å². The van der Waals surface area contributed by atoms with Crippen LogP contribution in [0.5, 0.6) is 5.75 Å². The Kier molecular flexibility index (Phi) is 5.01. The van der Waals surface area contributed by atoms with Crippen LogP contribution in [0.1, 0.15) is 12.0 Å². The minimum atomic E-state index is -1.24. The lowest BCUT2D eigenvalue weighted by molar-refractivity contribution is -0.118. The van der Waals surface area contributed by atoms with Crippen LogP contribution in [0.4, 0.5) is 19.3 Å². The van der Waals surface area contributed by atoms with E-state index in [4.69, 9.17) is 9.84 Å². The van der Waals surface area contributed by atoms with Crippen LogP contribution in [-0.2, 0) is 11.4 Å². The molecule has 2 aromatic rings. The molecule has 2 aromatic carbocycles. The Morgan fingerprint density at radius 2 is 1.85 bits per heavy atom. The maximum absolute atomic E-state index is 13.6. The lowest BCUT2D eigenvalue weighted by Crippen LogP contribution is -2.40. The lowest BCUT2D eigenvalue weighted by Gasteiger charge is -2.17. The van der Waals surface area contributed by atoms with Crippen LogP contribution in [0.3, 0.4) is 0 Å². The Morgan fingerprint density at radius 3 is 2.46 bits per heavy atom. The van der Waals surface area contributed by atoms with Crippen molar-refractivity contribution in [2.75, 3.05) is 11.4 Å². The van der Waals surface area contributed by atoms with Crippen molar-refractivity contribution in [3.8, 4) is 5.75 Å². The van der Waals surface area contributed by atoms with E-state index in [2.05, 4.69) is 5.32 Å². The van der Waals surface area contributed by atoms with Crippen molar-refractivity contribution in [1.29, 1.82) is 0 Å². The molecule has 6 nitrogen and oxygen atoms in total. The van der Waals surface area contributed by atoms with Crippen molar-refractivity contribution >= 4 is 17.7 Å². The number of carbonyl (C=O) groups excluding carboxylic acids is 1. The Balaban J connectivity index is 1.64. The fraction of sp³-hybridized carbons (Fsp3) is 0.222. The van der Waals surface area contributed by atoms with Gasteiger partial charge < -0.3 is 20.1 Å². The highest BCUT2D eigenvalue weighted by Crippen LogP contribution is 2.25. The predicted molar refractivity (Wildman–Crippen MR) is 89.1 cm³/mol. The first-order valence-electron chi connectivity index (χ1n) is 7.92. The summed E-state index contributed by atoms with van der Waals surface area (Å²) < 4.78 is 32.6. The van der Waals surface area contributed by atoms with Crippen LogP contribution >= 0.6 is 0 Å². The zero-order valence-electron chi connectivity index (χ0n) is 13.6. The number of carbonyl (C=O) groups is 2. The van der Waals surface area contributed by atoms with Crippen molar-refractivity contribution in [2.45, 2.75) is 19.1 Å². The summed E-state index contributed by atoms with van der Waals surface area (Å²) in [5.74, 6) is -1.29. The largest absolute Gasteiger partial charge is 0.489 e. The normalized spacial score (nSPS) is 16.6. The molecule has 1 aliphatic rings. The van der Waals surface area contributed by atoms with Gasteiger partial charge in [0.1, 0.15) is 30.0 Å². The molecule has 0 bridgehead atoms. The first kappa shape index (κ1) is 17.7. The molecule has 2 N–H and O–H groups in total. The van der Waals surface area contributed by atoms with E-state index in [1.54, 1.807) is 24.3 Å². The van der Waals surface area contributed by atoms with Crippen LogP contribution in [-0.4, -0.2) is 29.7 Å². The minimum Gasteiger partial charge on any atom is -0.489 e. The Hall–Kier alpha value is -3.16. The van der Waals surface area contributed by atoms with E-state index in [9.17, 15) is 18.4 Å². The molecule has 1 atom stereocenters. The van der Waals surface area contributed by atoms with E-state index in [0.29, 0.717) is 24.4 Å². The lowest BCUT2D eigenvalue weighted by atomic mass is 10.2. The summed E-state index contributed by atoms with van der Waals surface area (Å²) in [5.41, 5.74) is 0.433. The molecule has 1 aliphatic heterocycles. The number of ether oxygens (including phenoxy) is 1. The smallest absolute Gasteiger partial charge is 0.405 e. The van der Waals surface area contributed by atoms with Gasteiger partial charge in [0, 0.05) is 12.2 Å². The topological polar surface area (TPSA) is 78.9 Å². The van der Waals surface area contributed by atoms with Crippen LogP contribution < -0.4 is 15.0 Å². The van der Waals surface area contributed by atoms with Gasteiger partial charge in [-0.3, -0.25) is 4.79 Å². The van der Waals surface area contributed by atoms with E-state index in [1.807, 2.05) is 0 Å². The number of rotatable bonds is 5. The molecule has 1 fully saturated rings. The van der Waals surface area contributed by atoms with Gasteiger partial charge in [-0.15, -0.1) is 0 Å². The molecule has 0 unspecified atom stereocenters. The van der Waals surface area contributed by atoms with Crippen LogP contribution in [0.25, 0.3) is 0 Å². The van der Waals surface area contributed by atoms with Gasteiger partial charge in [-0.05, 0) is 42.8 Å². The molecule has 0 radical (unpaired) electrons. The summed E-state index contributed by atoms with van der Waals surface area (Å²) >= 11 is 0. The van der Waals surface area contributed by atoms with E-state index >= 15 is 0 Å². The van der Waals surface area contributed by atoms with Crippen LogP contribution in [0.15, 0.2) is 42.5 Å². The number of nitrogens with one attached hydrogen (secondary N) is 1. The molecule has 26 heavy (non-hydrogen) atoms. The summed E-state index contributed by atoms with van der Waals surface area (Å²) in [6.07, 6.45) is -0.856. The average Bonchev–Trinajstić information content (AvgIpc) is 2.95. The van der Waals surface area contributed by atoms with E-state index in [0.717, 1.165) is 12.1 Å². The van der Waals surface area contributed by atoms with Gasteiger partial charge in [0.05, 0.1) is 5.56 Å². The predicted octanol–water partition coefficient (Wildman–Crippen LogP) is 2.92. The molecule has 0 spiro atoms. The van der Waals surface area contributed by atoms with Crippen LogP contribution in [0, 0.1) is 11.6 Å². The van der Waals surface area contributed by atoms with Gasteiger partial charge in [-0.25, -0.2) is 13.6 Å². The number of carboxylic acid groups (broad SMARTS) is 1. The fourth-order valence-corrected chi connectivity index (χ4v) is 2.77.